The van der Waals surface area contributed by atoms with Gasteiger partial charge >= 0.3 is 0 Å². The molecule has 3 rings (SSSR count). The average molecular weight is 489 g/mol. The highest BCUT2D eigenvalue weighted by molar-refractivity contribution is 6.32. The summed E-state index contributed by atoms with van der Waals surface area (Å²) >= 11 is 6.13. The molecule has 10 heteroatoms. The number of aliphatic hydroxyl groups excluding tert-OH is 1. The molecule has 1 heterocycles. The number of amidine groups is 1. The number of nitrogens with zero attached hydrogens (tertiary/aromatic N) is 2. The third kappa shape index (κ3) is 8.86. The minimum atomic E-state index is -0.607. The van der Waals surface area contributed by atoms with E-state index in [-0.39, 0.29) is 41.1 Å². The summed E-state index contributed by atoms with van der Waals surface area (Å²) in [6.45, 7) is 2.47. The van der Waals surface area contributed by atoms with Crippen LogP contribution in [0.4, 0.5) is 0 Å². The molecule has 1 aliphatic heterocycles. The van der Waals surface area contributed by atoms with E-state index in [4.69, 9.17) is 31.9 Å². The second kappa shape index (κ2) is 14.0. The maximum Gasteiger partial charge on any atom is 0.279 e. The summed E-state index contributed by atoms with van der Waals surface area (Å²) in [5, 5.41) is 11.9. The molecule has 182 valence electrons. The monoisotopic (exact) mass is 488 g/mol. The number of rotatable bonds is 9. The summed E-state index contributed by atoms with van der Waals surface area (Å²) < 4.78 is 11.1. The van der Waals surface area contributed by atoms with Crippen LogP contribution in [-0.2, 0) is 0 Å². The Bertz CT molecular complexity index is 1040. The number of hydrogen-bond donors (Lipinski definition) is 3. The largest absolute Gasteiger partial charge is 0.491 e. The van der Waals surface area contributed by atoms with Crippen molar-refractivity contribution < 1.29 is 24.2 Å². The molecule has 1 amide bonds. The lowest BCUT2D eigenvalue weighted by Crippen LogP contribution is -2.32. The van der Waals surface area contributed by atoms with Gasteiger partial charge in [0.15, 0.2) is 0 Å². The van der Waals surface area contributed by atoms with Crippen LogP contribution < -0.4 is 20.5 Å². The number of nitrogens with two attached hydrogens (primary N) is 1. The van der Waals surface area contributed by atoms with Crippen molar-refractivity contribution in [3.8, 4) is 17.2 Å². The third-order valence-corrected chi connectivity index (χ3v) is 4.83. The summed E-state index contributed by atoms with van der Waals surface area (Å²) in [7, 11) is 3.83. The molecule has 34 heavy (non-hydrogen) atoms. The molecule has 2 aromatic rings. The van der Waals surface area contributed by atoms with Gasteiger partial charge in [-0.3, -0.25) is 9.59 Å². The van der Waals surface area contributed by atoms with Crippen LogP contribution in [0.2, 0.25) is 5.02 Å². The highest BCUT2D eigenvalue weighted by atomic mass is 35.5. The average Bonchev–Trinajstić information content (AvgIpc) is 2.81. The van der Waals surface area contributed by atoms with E-state index in [1.54, 1.807) is 13.1 Å². The highest BCUT2D eigenvalue weighted by Crippen LogP contribution is 2.32. The van der Waals surface area contributed by atoms with Crippen LogP contribution in [0.15, 0.2) is 53.7 Å². The maximum atomic E-state index is 12.5. The van der Waals surface area contributed by atoms with Gasteiger partial charge in [0, 0.05) is 24.2 Å². The zero-order valence-electron chi connectivity index (χ0n) is 19.2. The molecule has 0 aliphatic carbocycles. The molecular formula is C24H29ClN4O5. The highest BCUT2D eigenvalue weighted by Gasteiger charge is 2.12. The van der Waals surface area contributed by atoms with E-state index in [2.05, 4.69) is 22.3 Å². The van der Waals surface area contributed by atoms with Gasteiger partial charge in [-0.15, -0.1) is 0 Å². The zero-order chi connectivity index (χ0) is 24.9. The quantitative estimate of drug-likeness (QED) is 0.279. The molecule has 0 aromatic heterocycles. The first-order chi connectivity index (χ1) is 16.4. The molecular weight excluding hydrogens is 460 g/mol. The normalized spacial score (nSPS) is 13.5. The number of nitrogens with one attached hydrogen (secondary N) is 1. The van der Waals surface area contributed by atoms with Crippen molar-refractivity contribution in [2.75, 3.05) is 40.4 Å². The van der Waals surface area contributed by atoms with Crippen LogP contribution in [0.3, 0.4) is 0 Å². The lowest BCUT2D eigenvalue weighted by Gasteiger charge is -2.24. The summed E-state index contributed by atoms with van der Waals surface area (Å²) in [5.41, 5.74) is 6.25. The van der Waals surface area contributed by atoms with E-state index in [1.807, 2.05) is 0 Å². The molecule has 0 saturated carbocycles. The fourth-order valence-corrected chi connectivity index (χ4v) is 2.89. The SMILES string of the molecule is CN/C=C\C(N)=NC(=O)c1cc(OCCO)cc(Oc2ccc(C=O)cc2Cl)c1.CN1CCC1. The van der Waals surface area contributed by atoms with Crippen molar-refractivity contribution in [3.05, 3.63) is 64.8 Å². The second-order valence-electron chi connectivity index (χ2n) is 7.30. The van der Waals surface area contributed by atoms with Crippen molar-refractivity contribution in [3.63, 3.8) is 0 Å². The van der Waals surface area contributed by atoms with Gasteiger partial charge in [0.1, 0.15) is 36.0 Å². The van der Waals surface area contributed by atoms with E-state index in [1.165, 1.54) is 62.1 Å². The third-order valence-electron chi connectivity index (χ3n) is 4.54. The van der Waals surface area contributed by atoms with Gasteiger partial charge in [-0.2, -0.15) is 4.99 Å². The van der Waals surface area contributed by atoms with Crippen LogP contribution in [-0.4, -0.2) is 68.4 Å². The van der Waals surface area contributed by atoms with E-state index < -0.39 is 5.91 Å². The molecule has 4 N–H and O–H groups in total. The van der Waals surface area contributed by atoms with Gasteiger partial charge in [-0.25, -0.2) is 0 Å². The lowest BCUT2D eigenvalue weighted by atomic mass is 10.2. The predicted octanol–water partition coefficient (Wildman–Crippen LogP) is 2.87. The first kappa shape index (κ1) is 26.8. The van der Waals surface area contributed by atoms with Crippen molar-refractivity contribution in [1.82, 2.24) is 10.2 Å². The summed E-state index contributed by atoms with van der Waals surface area (Å²) in [4.78, 5) is 29.4. The smallest absolute Gasteiger partial charge is 0.279 e. The fraction of sp³-hybridized carbons (Fsp3) is 0.292. The number of aldehydes is 1. The van der Waals surface area contributed by atoms with E-state index in [9.17, 15) is 9.59 Å². The number of hydrogen-bond acceptors (Lipinski definition) is 7. The number of ether oxygens (including phenoxy) is 2. The molecule has 1 fully saturated rings. The van der Waals surface area contributed by atoms with Crippen LogP contribution >= 0.6 is 11.6 Å². The molecule has 9 nitrogen and oxygen atoms in total. The van der Waals surface area contributed by atoms with Gasteiger partial charge in [-0.1, -0.05) is 11.6 Å². The summed E-state index contributed by atoms with van der Waals surface area (Å²) in [6.07, 6.45) is 5.05. The Morgan fingerprint density at radius 3 is 2.53 bits per heavy atom. The number of aliphatic imine (C=N–C) groups is 1. The lowest BCUT2D eigenvalue weighted by molar-refractivity contribution is 0.100. The van der Waals surface area contributed by atoms with Gasteiger partial charge in [0.05, 0.1) is 11.6 Å². The Morgan fingerprint density at radius 1 is 1.26 bits per heavy atom. The number of carbonyl (C=O) groups excluding carboxylic acids is 2. The number of amides is 1. The Kier molecular flexibility index (Phi) is 11.0. The molecule has 1 aliphatic rings. The number of carbonyl (C=O) groups is 2. The number of aliphatic hydroxyl groups is 1. The second-order valence-corrected chi connectivity index (χ2v) is 7.70. The fourth-order valence-electron chi connectivity index (χ4n) is 2.66. The number of halogens is 1. The summed E-state index contributed by atoms with van der Waals surface area (Å²) in [6, 6.07) is 8.99. The van der Waals surface area contributed by atoms with Crippen molar-refractivity contribution in [2.45, 2.75) is 6.42 Å². The van der Waals surface area contributed by atoms with Crippen LogP contribution in [0.5, 0.6) is 17.2 Å². The molecule has 0 spiro atoms. The Morgan fingerprint density at radius 2 is 1.97 bits per heavy atom. The van der Waals surface area contributed by atoms with E-state index in [0.717, 1.165) is 0 Å². The van der Waals surface area contributed by atoms with Gasteiger partial charge < -0.3 is 30.5 Å². The minimum Gasteiger partial charge on any atom is -0.491 e. The first-order valence-corrected chi connectivity index (χ1v) is 11.0. The van der Waals surface area contributed by atoms with Gasteiger partial charge in [-0.05, 0) is 69.2 Å². The van der Waals surface area contributed by atoms with Crippen molar-refractivity contribution >= 4 is 29.6 Å². The molecule has 0 radical (unpaired) electrons. The van der Waals surface area contributed by atoms with Gasteiger partial charge in [0.25, 0.3) is 5.91 Å². The van der Waals surface area contributed by atoms with Gasteiger partial charge in [0.2, 0.25) is 0 Å². The van der Waals surface area contributed by atoms with Crippen molar-refractivity contribution in [1.29, 1.82) is 0 Å². The number of benzene rings is 2. The Labute approximate surface area is 203 Å². The van der Waals surface area contributed by atoms with E-state index >= 15 is 0 Å². The predicted molar refractivity (Wildman–Crippen MR) is 132 cm³/mol. The molecule has 0 unspecified atom stereocenters. The minimum absolute atomic E-state index is 0.0148. The van der Waals surface area contributed by atoms with Crippen LogP contribution in [0, 0.1) is 0 Å². The Hall–Kier alpha value is -3.40. The molecule has 0 bridgehead atoms. The standard InChI is InChI=1S/C20H20ClN3O5.C4H9N/c1-23-5-4-19(22)24-20(27)14-9-15(28-7-6-25)11-16(10-14)29-18-3-2-13(12-26)8-17(18)21;1-5-3-2-4-5/h2-5,8-12,23,25H,6-7H2,1H3,(H2,22,24,27);2-4H2,1H3/b5-4-;. The zero-order valence-corrected chi connectivity index (χ0v) is 19.9. The number of likely N-dealkylation sites (tertiary alicyclic amines) is 1. The molecule has 2 aromatic carbocycles. The van der Waals surface area contributed by atoms with Crippen LogP contribution in [0.1, 0.15) is 27.1 Å². The van der Waals surface area contributed by atoms with Crippen molar-refractivity contribution in [2.24, 2.45) is 10.7 Å². The summed E-state index contributed by atoms with van der Waals surface area (Å²) in [5.74, 6) is 0.241. The Balaban J connectivity index is 0.000000720. The van der Waals surface area contributed by atoms with Crippen LogP contribution in [0.25, 0.3) is 0 Å². The molecule has 0 atom stereocenters. The maximum absolute atomic E-state index is 12.5. The molecule has 1 saturated heterocycles. The van der Waals surface area contributed by atoms with E-state index in [0.29, 0.717) is 17.6 Å². The topological polar surface area (TPSA) is 126 Å². The first-order valence-electron chi connectivity index (χ1n) is 10.6.